The van der Waals surface area contributed by atoms with E-state index < -0.39 is 0 Å². The fourth-order valence-electron chi connectivity index (χ4n) is 1.92. The number of anilines is 1. The Kier molecular flexibility index (Phi) is 4.95. The van der Waals surface area contributed by atoms with E-state index in [0.717, 1.165) is 5.69 Å². The van der Waals surface area contributed by atoms with E-state index in [1.54, 1.807) is 29.2 Å². The Balaban J connectivity index is 1.90. The molecule has 108 valence electrons. The zero-order valence-corrected chi connectivity index (χ0v) is 11.4. The molecule has 0 unspecified atom stereocenters. The summed E-state index contributed by atoms with van der Waals surface area (Å²) in [4.78, 5) is 24.9. The van der Waals surface area contributed by atoms with E-state index in [9.17, 15) is 9.59 Å². The molecule has 1 N–H and O–H groups in total. The second-order valence-corrected chi connectivity index (χ2v) is 4.26. The number of urea groups is 1. The van der Waals surface area contributed by atoms with Gasteiger partial charge < -0.3 is 14.8 Å². The summed E-state index contributed by atoms with van der Waals surface area (Å²) in [6.07, 6.45) is 0. The van der Waals surface area contributed by atoms with Crippen LogP contribution >= 0.6 is 0 Å². The summed E-state index contributed by atoms with van der Waals surface area (Å²) >= 11 is 0. The molecule has 0 spiro atoms. The molecule has 0 aromatic heterocycles. The van der Waals surface area contributed by atoms with Gasteiger partial charge in [0.05, 0.1) is 12.2 Å². The highest BCUT2D eigenvalue weighted by Gasteiger charge is 2.21. The first-order valence-corrected chi connectivity index (χ1v) is 6.62. The molecule has 6 heteroatoms. The average molecular weight is 278 g/mol. The molecule has 1 aromatic rings. The Morgan fingerprint density at radius 1 is 1.30 bits per heavy atom. The number of hydrogen-bond acceptors (Lipinski definition) is 4. The predicted molar refractivity (Wildman–Crippen MR) is 74.0 cm³/mol. The summed E-state index contributed by atoms with van der Waals surface area (Å²) in [5.41, 5.74) is 1.23. The number of esters is 1. The lowest BCUT2D eigenvalue weighted by Crippen LogP contribution is -2.27. The fraction of sp³-hybridized carbons (Fsp3) is 0.429. The molecule has 6 nitrogen and oxygen atoms in total. The van der Waals surface area contributed by atoms with Crippen molar-refractivity contribution < 1.29 is 19.1 Å². The molecule has 2 rings (SSSR count). The molecule has 0 bridgehead atoms. The van der Waals surface area contributed by atoms with Crippen LogP contribution in [0.2, 0.25) is 0 Å². The van der Waals surface area contributed by atoms with Crippen molar-refractivity contribution in [3.8, 4) is 0 Å². The molecule has 0 saturated carbocycles. The van der Waals surface area contributed by atoms with E-state index in [4.69, 9.17) is 9.47 Å². The molecular formula is C14H18N2O4. The predicted octanol–water partition coefficient (Wildman–Crippen LogP) is 1.41. The second-order valence-electron chi connectivity index (χ2n) is 4.26. The molecule has 0 atom stereocenters. The third kappa shape index (κ3) is 3.48. The standard InChI is InChI=1S/C14H18N2O4/c1-2-19-9-10-20-13(17)11-3-5-12(6-4-11)16-8-7-15-14(16)18/h3-6H,2,7-10H2,1H3,(H,15,18). The number of rotatable bonds is 6. The van der Waals surface area contributed by atoms with Gasteiger partial charge in [0.25, 0.3) is 0 Å². The zero-order chi connectivity index (χ0) is 14.4. The van der Waals surface area contributed by atoms with Crippen molar-refractivity contribution in [1.82, 2.24) is 5.32 Å². The third-order valence-electron chi connectivity index (χ3n) is 2.94. The molecule has 1 heterocycles. The maximum absolute atomic E-state index is 11.7. The quantitative estimate of drug-likeness (QED) is 0.631. The SMILES string of the molecule is CCOCCOC(=O)c1ccc(N2CCNC2=O)cc1. The third-order valence-corrected chi connectivity index (χ3v) is 2.94. The van der Waals surface area contributed by atoms with Crippen LogP contribution in [-0.4, -0.2) is 44.9 Å². The second kappa shape index (κ2) is 6.91. The van der Waals surface area contributed by atoms with E-state index in [-0.39, 0.29) is 18.6 Å². The van der Waals surface area contributed by atoms with Gasteiger partial charge in [-0.2, -0.15) is 0 Å². The topological polar surface area (TPSA) is 67.9 Å². The number of carbonyl (C=O) groups is 2. The van der Waals surface area contributed by atoms with Gasteiger partial charge in [0.2, 0.25) is 0 Å². The van der Waals surface area contributed by atoms with Gasteiger partial charge in [-0.05, 0) is 31.2 Å². The summed E-state index contributed by atoms with van der Waals surface area (Å²) in [6.45, 7) is 4.40. The number of nitrogens with zero attached hydrogens (tertiary/aromatic N) is 1. The van der Waals surface area contributed by atoms with Crippen molar-refractivity contribution >= 4 is 17.7 Å². The lowest BCUT2D eigenvalue weighted by Gasteiger charge is -2.14. The van der Waals surface area contributed by atoms with Crippen LogP contribution < -0.4 is 10.2 Å². The smallest absolute Gasteiger partial charge is 0.338 e. The molecular weight excluding hydrogens is 260 g/mol. The van der Waals surface area contributed by atoms with Crippen molar-refractivity contribution in [2.45, 2.75) is 6.92 Å². The van der Waals surface area contributed by atoms with E-state index in [1.165, 1.54) is 0 Å². The van der Waals surface area contributed by atoms with Crippen LogP contribution in [0.3, 0.4) is 0 Å². The minimum absolute atomic E-state index is 0.114. The summed E-state index contributed by atoms with van der Waals surface area (Å²) in [5, 5.41) is 2.73. The normalized spacial score (nSPS) is 14.2. The Morgan fingerprint density at radius 2 is 2.05 bits per heavy atom. The van der Waals surface area contributed by atoms with Crippen LogP contribution in [0.4, 0.5) is 10.5 Å². The molecule has 1 fully saturated rings. The van der Waals surface area contributed by atoms with Crippen LogP contribution in [-0.2, 0) is 9.47 Å². The monoisotopic (exact) mass is 278 g/mol. The van der Waals surface area contributed by atoms with Gasteiger partial charge in [0.1, 0.15) is 6.61 Å². The highest BCUT2D eigenvalue weighted by molar-refractivity contribution is 5.95. The number of benzene rings is 1. The largest absolute Gasteiger partial charge is 0.460 e. The van der Waals surface area contributed by atoms with Gasteiger partial charge in [0, 0.05) is 25.4 Å². The summed E-state index contributed by atoms with van der Waals surface area (Å²) in [7, 11) is 0. The lowest BCUT2D eigenvalue weighted by molar-refractivity contribution is 0.0335. The lowest BCUT2D eigenvalue weighted by atomic mass is 10.2. The van der Waals surface area contributed by atoms with E-state index in [2.05, 4.69) is 5.32 Å². The zero-order valence-electron chi connectivity index (χ0n) is 11.4. The Labute approximate surface area is 117 Å². The van der Waals surface area contributed by atoms with Crippen molar-refractivity contribution in [3.05, 3.63) is 29.8 Å². The molecule has 0 radical (unpaired) electrons. The fourth-order valence-corrected chi connectivity index (χ4v) is 1.92. The summed E-state index contributed by atoms with van der Waals surface area (Å²) in [6, 6.07) is 6.68. The van der Waals surface area contributed by atoms with Crippen LogP contribution in [0.25, 0.3) is 0 Å². The van der Waals surface area contributed by atoms with Crippen LogP contribution in [0.5, 0.6) is 0 Å². The maximum atomic E-state index is 11.7. The van der Waals surface area contributed by atoms with Gasteiger partial charge in [-0.25, -0.2) is 9.59 Å². The van der Waals surface area contributed by atoms with Gasteiger partial charge in [-0.15, -0.1) is 0 Å². The van der Waals surface area contributed by atoms with Crippen molar-refractivity contribution in [2.24, 2.45) is 0 Å². The number of hydrogen-bond donors (Lipinski definition) is 1. The highest BCUT2D eigenvalue weighted by Crippen LogP contribution is 2.17. The van der Waals surface area contributed by atoms with E-state index >= 15 is 0 Å². The van der Waals surface area contributed by atoms with Crippen molar-refractivity contribution in [2.75, 3.05) is 37.8 Å². The maximum Gasteiger partial charge on any atom is 0.338 e. The first kappa shape index (κ1) is 14.3. The van der Waals surface area contributed by atoms with Crippen molar-refractivity contribution in [1.29, 1.82) is 0 Å². The molecule has 1 saturated heterocycles. The Bertz CT molecular complexity index is 473. The summed E-state index contributed by atoms with van der Waals surface area (Å²) < 4.78 is 10.1. The molecule has 2 amide bonds. The highest BCUT2D eigenvalue weighted by atomic mass is 16.6. The number of nitrogens with one attached hydrogen (secondary N) is 1. The van der Waals surface area contributed by atoms with E-state index in [1.807, 2.05) is 6.92 Å². The Hall–Kier alpha value is -2.08. The number of amides is 2. The minimum Gasteiger partial charge on any atom is -0.460 e. The molecule has 20 heavy (non-hydrogen) atoms. The molecule has 1 aliphatic heterocycles. The van der Waals surface area contributed by atoms with E-state index in [0.29, 0.717) is 31.9 Å². The molecule has 1 aromatic carbocycles. The average Bonchev–Trinajstić information content (AvgIpc) is 2.90. The van der Waals surface area contributed by atoms with Gasteiger partial charge >= 0.3 is 12.0 Å². The first-order chi connectivity index (χ1) is 9.72. The van der Waals surface area contributed by atoms with Crippen molar-refractivity contribution in [3.63, 3.8) is 0 Å². The Morgan fingerprint density at radius 3 is 2.65 bits per heavy atom. The molecule has 1 aliphatic rings. The first-order valence-electron chi connectivity index (χ1n) is 6.62. The van der Waals surface area contributed by atoms with Gasteiger partial charge in [0.15, 0.2) is 0 Å². The summed E-state index contributed by atoms with van der Waals surface area (Å²) in [5.74, 6) is -0.387. The number of carbonyl (C=O) groups excluding carboxylic acids is 2. The minimum atomic E-state index is -0.387. The molecule has 0 aliphatic carbocycles. The van der Waals surface area contributed by atoms with Gasteiger partial charge in [-0.3, -0.25) is 4.90 Å². The van der Waals surface area contributed by atoms with Gasteiger partial charge in [-0.1, -0.05) is 0 Å². The van der Waals surface area contributed by atoms with Crippen LogP contribution in [0.1, 0.15) is 17.3 Å². The number of ether oxygens (including phenoxy) is 2. The van der Waals surface area contributed by atoms with Crippen LogP contribution in [0.15, 0.2) is 24.3 Å². The van der Waals surface area contributed by atoms with Crippen LogP contribution in [0, 0.1) is 0 Å².